The van der Waals surface area contributed by atoms with Crippen molar-refractivity contribution < 1.29 is 4.79 Å². The normalized spacial score (nSPS) is 10.0. The first-order valence-electron chi connectivity index (χ1n) is 6.89. The summed E-state index contributed by atoms with van der Waals surface area (Å²) in [7, 11) is 0. The van der Waals surface area contributed by atoms with Gasteiger partial charge in [0.2, 0.25) is 0 Å². The monoisotopic (exact) mass is 240 g/mol. The van der Waals surface area contributed by atoms with Crippen molar-refractivity contribution in [2.45, 2.75) is 52.4 Å². The Hall–Kier alpha value is -0.990. The number of amides is 2. The third-order valence-electron chi connectivity index (χ3n) is 2.75. The Balaban J connectivity index is 3.98. The van der Waals surface area contributed by atoms with E-state index in [-0.39, 0.29) is 6.03 Å². The molecule has 0 spiro atoms. The summed E-state index contributed by atoms with van der Waals surface area (Å²) in [6.45, 7) is 10.3. The van der Waals surface area contributed by atoms with Gasteiger partial charge in [0.05, 0.1) is 0 Å². The predicted molar refractivity (Wildman–Crippen MR) is 74.2 cm³/mol. The first kappa shape index (κ1) is 16.0. The highest BCUT2D eigenvalue weighted by Crippen LogP contribution is 2.03. The molecule has 0 saturated carbocycles. The highest BCUT2D eigenvalue weighted by molar-refractivity contribution is 5.74. The van der Waals surface area contributed by atoms with Gasteiger partial charge < -0.3 is 10.2 Å². The lowest BCUT2D eigenvalue weighted by Gasteiger charge is -2.22. The van der Waals surface area contributed by atoms with E-state index in [1.54, 1.807) is 6.08 Å². The molecular formula is C14H28N2O. The van der Waals surface area contributed by atoms with Crippen LogP contribution in [0, 0.1) is 0 Å². The molecule has 0 unspecified atom stereocenters. The third kappa shape index (κ3) is 8.78. The van der Waals surface area contributed by atoms with Crippen LogP contribution in [0.2, 0.25) is 0 Å². The van der Waals surface area contributed by atoms with Gasteiger partial charge in [0.25, 0.3) is 0 Å². The first-order chi connectivity index (χ1) is 8.26. The number of unbranched alkanes of at least 4 members (excludes halogenated alkanes) is 4. The van der Waals surface area contributed by atoms with Gasteiger partial charge in [-0.1, -0.05) is 45.6 Å². The van der Waals surface area contributed by atoms with Crippen molar-refractivity contribution in [3.63, 3.8) is 0 Å². The summed E-state index contributed by atoms with van der Waals surface area (Å²) in [6.07, 6.45) is 8.69. The predicted octanol–water partition coefficient (Wildman–Crippen LogP) is 3.56. The van der Waals surface area contributed by atoms with Crippen LogP contribution in [-0.4, -0.2) is 30.6 Å². The van der Waals surface area contributed by atoms with E-state index in [2.05, 4.69) is 25.7 Å². The van der Waals surface area contributed by atoms with Crippen molar-refractivity contribution in [2.24, 2.45) is 0 Å². The van der Waals surface area contributed by atoms with Crippen LogP contribution in [0.1, 0.15) is 52.4 Å². The summed E-state index contributed by atoms with van der Waals surface area (Å²) >= 11 is 0. The highest BCUT2D eigenvalue weighted by Gasteiger charge is 2.10. The number of hydrogen-bond acceptors (Lipinski definition) is 1. The molecule has 1 N–H and O–H groups in total. The lowest BCUT2D eigenvalue weighted by Crippen LogP contribution is -2.41. The molecule has 0 aliphatic carbocycles. The number of carbonyl (C=O) groups excluding carboxylic acids is 1. The molecule has 0 aliphatic rings. The van der Waals surface area contributed by atoms with Crippen LogP contribution in [0.15, 0.2) is 12.7 Å². The Labute approximate surface area is 106 Å². The van der Waals surface area contributed by atoms with E-state index in [4.69, 9.17) is 0 Å². The number of hydrogen-bond donors (Lipinski definition) is 1. The third-order valence-corrected chi connectivity index (χ3v) is 2.75. The Bertz CT molecular complexity index is 194. The highest BCUT2D eigenvalue weighted by atomic mass is 16.2. The topological polar surface area (TPSA) is 32.3 Å². The Morgan fingerprint density at radius 3 is 2.06 bits per heavy atom. The van der Waals surface area contributed by atoms with E-state index in [9.17, 15) is 4.79 Å². The van der Waals surface area contributed by atoms with Crippen molar-refractivity contribution in [1.29, 1.82) is 0 Å². The zero-order valence-corrected chi connectivity index (χ0v) is 11.5. The summed E-state index contributed by atoms with van der Waals surface area (Å²) in [5.41, 5.74) is 0. The van der Waals surface area contributed by atoms with Crippen molar-refractivity contribution >= 4 is 6.03 Å². The van der Waals surface area contributed by atoms with Gasteiger partial charge in [0, 0.05) is 19.6 Å². The molecule has 0 saturated heterocycles. The molecule has 0 radical (unpaired) electrons. The van der Waals surface area contributed by atoms with Gasteiger partial charge in [-0.25, -0.2) is 4.79 Å². The lowest BCUT2D eigenvalue weighted by molar-refractivity contribution is 0.196. The molecule has 2 amide bonds. The fourth-order valence-electron chi connectivity index (χ4n) is 1.69. The molecule has 3 nitrogen and oxygen atoms in total. The first-order valence-corrected chi connectivity index (χ1v) is 6.89. The van der Waals surface area contributed by atoms with Gasteiger partial charge in [-0.2, -0.15) is 0 Å². The average Bonchev–Trinajstić information content (AvgIpc) is 2.34. The summed E-state index contributed by atoms with van der Waals surface area (Å²) in [5, 5.41) is 2.86. The van der Waals surface area contributed by atoms with E-state index < -0.39 is 0 Å². The smallest absolute Gasteiger partial charge is 0.317 e. The maximum Gasteiger partial charge on any atom is 0.317 e. The summed E-state index contributed by atoms with van der Waals surface area (Å²) in [5.74, 6) is 0. The molecule has 0 bridgehead atoms. The molecule has 17 heavy (non-hydrogen) atoms. The van der Waals surface area contributed by atoms with Crippen LogP contribution in [0.25, 0.3) is 0 Å². The van der Waals surface area contributed by atoms with Crippen LogP contribution in [0.5, 0.6) is 0 Å². The molecule has 0 rings (SSSR count). The molecule has 0 aromatic heterocycles. The summed E-state index contributed by atoms with van der Waals surface area (Å²) in [6, 6.07) is 0.0529. The van der Waals surface area contributed by atoms with Crippen molar-refractivity contribution in [2.75, 3.05) is 19.6 Å². The van der Waals surface area contributed by atoms with Crippen LogP contribution >= 0.6 is 0 Å². The van der Waals surface area contributed by atoms with Crippen molar-refractivity contribution in [1.82, 2.24) is 10.2 Å². The van der Waals surface area contributed by atoms with Gasteiger partial charge in [0.1, 0.15) is 0 Å². The summed E-state index contributed by atoms with van der Waals surface area (Å²) < 4.78 is 0. The molecule has 0 atom stereocenters. The number of nitrogens with one attached hydrogen (secondary N) is 1. The fraction of sp³-hybridized carbons (Fsp3) is 0.786. The standard InChI is InChI=1S/C14H28N2O/c1-4-7-9-12-16(13-10-8-5-2)14(17)15-11-6-3/h6H,3-5,7-13H2,1-2H3,(H,15,17). The summed E-state index contributed by atoms with van der Waals surface area (Å²) in [4.78, 5) is 13.8. The minimum atomic E-state index is 0.0529. The van der Waals surface area contributed by atoms with Gasteiger partial charge in [-0.15, -0.1) is 6.58 Å². The van der Waals surface area contributed by atoms with Gasteiger partial charge >= 0.3 is 6.03 Å². The van der Waals surface area contributed by atoms with Gasteiger partial charge in [-0.05, 0) is 12.8 Å². The quantitative estimate of drug-likeness (QED) is 0.459. The van der Waals surface area contributed by atoms with E-state index >= 15 is 0 Å². The average molecular weight is 240 g/mol. The van der Waals surface area contributed by atoms with E-state index in [0.717, 1.165) is 25.9 Å². The van der Waals surface area contributed by atoms with Crippen LogP contribution < -0.4 is 5.32 Å². The Kier molecular flexibility index (Phi) is 10.8. The largest absolute Gasteiger partial charge is 0.335 e. The molecule has 0 fully saturated rings. The molecule has 100 valence electrons. The minimum absolute atomic E-state index is 0.0529. The van der Waals surface area contributed by atoms with E-state index in [1.807, 2.05) is 4.90 Å². The molecule has 0 aromatic carbocycles. The maximum atomic E-state index is 11.9. The lowest BCUT2D eigenvalue weighted by atomic mass is 10.2. The van der Waals surface area contributed by atoms with Crippen molar-refractivity contribution in [3.8, 4) is 0 Å². The second-order valence-electron chi connectivity index (χ2n) is 4.38. The zero-order valence-electron chi connectivity index (χ0n) is 11.5. The van der Waals surface area contributed by atoms with E-state index in [0.29, 0.717) is 6.54 Å². The number of nitrogens with zero attached hydrogens (tertiary/aromatic N) is 1. The van der Waals surface area contributed by atoms with E-state index in [1.165, 1.54) is 25.7 Å². The molecule has 0 heterocycles. The molecule has 0 aliphatic heterocycles. The Morgan fingerprint density at radius 2 is 1.65 bits per heavy atom. The molecule has 0 aromatic rings. The van der Waals surface area contributed by atoms with Crippen LogP contribution in [0.4, 0.5) is 4.79 Å². The Morgan fingerprint density at radius 1 is 1.12 bits per heavy atom. The zero-order chi connectivity index (χ0) is 12.9. The second-order valence-corrected chi connectivity index (χ2v) is 4.38. The van der Waals surface area contributed by atoms with Gasteiger partial charge in [-0.3, -0.25) is 0 Å². The number of rotatable bonds is 10. The van der Waals surface area contributed by atoms with Gasteiger partial charge in [0.15, 0.2) is 0 Å². The SMILES string of the molecule is C=CCNC(=O)N(CCCCC)CCCCC. The minimum Gasteiger partial charge on any atom is -0.335 e. The maximum absolute atomic E-state index is 11.9. The number of urea groups is 1. The van der Waals surface area contributed by atoms with Crippen LogP contribution in [0.3, 0.4) is 0 Å². The fourth-order valence-corrected chi connectivity index (χ4v) is 1.69. The second kappa shape index (κ2) is 11.5. The molecular weight excluding hydrogens is 212 g/mol. The number of carbonyl (C=O) groups is 1. The van der Waals surface area contributed by atoms with Crippen molar-refractivity contribution in [3.05, 3.63) is 12.7 Å². The molecule has 3 heteroatoms. The van der Waals surface area contributed by atoms with Crippen LogP contribution in [-0.2, 0) is 0 Å².